The molecule has 0 aliphatic carbocycles. The molecule has 0 spiro atoms. The lowest BCUT2D eigenvalue weighted by atomic mass is 10.7. The molecule has 3 aromatic rings. The Morgan fingerprint density at radius 1 is 1.41 bits per heavy atom. The van der Waals surface area contributed by atoms with Crippen LogP contribution in [-0.4, -0.2) is 29.4 Å². The van der Waals surface area contributed by atoms with E-state index in [0.717, 1.165) is 0 Å². The normalized spacial score (nSPS) is 11.1. The zero-order valence-electron chi connectivity index (χ0n) is 8.52. The number of anilines is 1. The van der Waals surface area contributed by atoms with Gasteiger partial charge in [-0.2, -0.15) is 0 Å². The molecule has 0 atom stereocenters. The third-order valence-corrected chi connectivity index (χ3v) is 2.89. The fourth-order valence-corrected chi connectivity index (χ4v) is 2.03. The van der Waals surface area contributed by atoms with Crippen LogP contribution < -0.4 is 11.4 Å². The topological polar surface area (TPSA) is 104 Å². The van der Waals surface area contributed by atoms with Gasteiger partial charge in [-0.25, -0.2) is 13.9 Å². The van der Waals surface area contributed by atoms with Crippen molar-refractivity contribution < 1.29 is 0 Å². The second-order valence-corrected chi connectivity index (χ2v) is 4.37. The predicted octanol–water partition coefficient (Wildman–Crippen LogP) is -0.627. The molecule has 3 heterocycles. The van der Waals surface area contributed by atoms with E-state index in [1.54, 1.807) is 6.20 Å². The van der Waals surface area contributed by atoms with Gasteiger partial charge in [-0.05, 0) is 0 Å². The summed E-state index contributed by atoms with van der Waals surface area (Å²) in [5.41, 5.74) is 5.72. The minimum atomic E-state index is -0.240. The molecule has 3 aromatic heterocycles. The van der Waals surface area contributed by atoms with Gasteiger partial charge in [0.05, 0.1) is 6.20 Å². The molecule has 0 aromatic carbocycles. The molecule has 0 fully saturated rings. The molecule has 86 valence electrons. The van der Waals surface area contributed by atoms with E-state index in [-0.39, 0.29) is 12.2 Å². The van der Waals surface area contributed by atoms with Crippen LogP contribution in [0.3, 0.4) is 0 Å². The van der Waals surface area contributed by atoms with E-state index >= 15 is 0 Å². The molecule has 3 rings (SSSR count). The molecule has 2 N–H and O–H groups in total. The molecule has 0 bridgehead atoms. The molecule has 8 nitrogen and oxygen atoms in total. The number of aromatic nitrogens is 6. The third kappa shape index (κ3) is 1.65. The third-order valence-electron chi connectivity index (χ3n) is 2.16. The van der Waals surface area contributed by atoms with Gasteiger partial charge in [0.1, 0.15) is 11.6 Å². The Morgan fingerprint density at radius 3 is 3.00 bits per heavy atom. The zero-order chi connectivity index (χ0) is 11.8. The minimum Gasteiger partial charge on any atom is -0.374 e. The summed E-state index contributed by atoms with van der Waals surface area (Å²) >= 11 is 1.23. The number of hydrogen-bond donors (Lipinski definition) is 1. The van der Waals surface area contributed by atoms with Crippen molar-refractivity contribution in [2.75, 3.05) is 5.73 Å². The van der Waals surface area contributed by atoms with Gasteiger partial charge < -0.3 is 5.73 Å². The van der Waals surface area contributed by atoms with Gasteiger partial charge in [0.15, 0.2) is 5.65 Å². The largest absolute Gasteiger partial charge is 0.374 e. The fraction of sp³-hybridized carbons (Fsp3) is 0.125. The van der Waals surface area contributed by atoms with E-state index < -0.39 is 0 Å². The van der Waals surface area contributed by atoms with Crippen molar-refractivity contribution in [2.45, 2.75) is 6.54 Å². The fourth-order valence-electron chi connectivity index (χ4n) is 1.44. The molecule has 9 heteroatoms. The van der Waals surface area contributed by atoms with Gasteiger partial charge in [-0.3, -0.25) is 4.98 Å². The van der Waals surface area contributed by atoms with Crippen LogP contribution in [0.4, 0.5) is 5.13 Å². The highest BCUT2D eigenvalue weighted by atomic mass is 32.1. The first kappa shape index (κ1) is 9.90. The molecule has 0 aliphatic heterocycles. The van der Waals surface area contributed by atoms with Gasteiger partial charge in [-0.1, -0.05) is 11.3 Å². The van der Waals surface area contributed by atoms with E-state index in [2.05, 4.69) is 20.3 Å². The van der Waals surface area contributed by atoms with Crippen molar-refractivity contribution >= 4 is 22.1 Å². The highest BCUT2D eigenvalue weighted by molar-refractivity contribution is 7.15. The lowest BCUT2D eigenvalue weighted by Crippen LogP contribution is -2.21. The molecule has 0 saturated carbocycles. The van der Waals surface area contributed by atoms with Gasteiger partial charge in [0, 0.05) is 12.4 Å². The lowest BCUT2D eigenvalue weighted by Gasteiger charge is -1.91. The van der Waals surface area contributed by atoms with E-state index in [4.69, 9.17) is 5.73 Å². The van der Waals surface area contributed by atoms with Gasteiger partial charge in [0.2, 0.25) is 5.13 Å². The monoisotopic (exact) mass is 249 g/mol. The van der Waals surface area contributed by atoms with Crippen LogP contribution in [0.15, 0.2) is 23.4 Å². The molecular formula is C8H7N7OS. The predicted molar refractivity (Wildman–Crippen MR) is 60.7 cm³/mol. The number of fused-ring (bicyclic) bond motifs is 1. The maximum atomic E-state index is 11.9. The SMILES string of the molecule is Nc1nnc(Cn2nc3cnccn3c2=O)s1. The van der Waals surface area contributed by atoms with E-state index in [1.165, 1.54) is 32.8 Å². The smallest absolute Gasteiger partial charge is 0.350 e. The summed E-state index contributed by atoms with van der Waals surface area (Å²) < 4.78 is 2.72. The second-order valence-electron chi connectivity index (χ2n) is 3.28. The first-order valence-electron chi connectivity index (χ1n) is 4.71. The molecule has 0 unspecified atom stereocenters. The van der Waals surface area contributed by atoms with Crippen LogP contribution in [0.5, 0.6) is 0 Å². The minimum absolute atomic E-state index is 0.240. The van der Waals surface area contributed by atoms with Crippen molar-refractivity contribution in [3.05, 3.63) is 34.1 Å². The van der Waals surface area contributed by atoms with Crippen LogP contribution in [0.1, 0.15) is 5.01 Å². The number of hydrogen-bond acceptors (Lipinski definition) is 7. The molecule has 0 saturated heterocycles. The Kier molecular flexibility index (Phi) is 2.11. The summed E-state index contributed by atoms with van der Waals surface area (Å²) in [6, 6.07) is 0. The maximum absolute atomic E-state index is 11.9. The Labute approximate surface area is 98.4 Å². The van der Waals surface area contributed by atoms with Gasteiger partial charge in [-0.15, -0.1) is 15.3 Å². The summed E-state index contributed by atoms with van der Waals surface area (Å²) in [5.74, 6) is 0. The summed E-state index contributed by atoms with van der Waals surface area (Å²) in [6.07, 6.45) is 4.62. The quantitative estimate of drug-likeness (QED) is 0.648. The standard InChI is InChI=1S/C8H7N7OS/c9-7-12-11-6(17-7)4-15-8(16)14-2-1-10-3-5(14)13-15/h1-3H,4H2,(H2,9,12). The Morgan fingerprint density at radius 2 is 2.29 bits per heavy atom. The first-order valence-corrected chi connectivity index (χ1v) is 5.53. The van der Waals surface area contributed by atoms with Crippen molar-refractivity contribution in [3.63, 3.8) is 0 Å². The highest BCUT2D eigenvalue weighted by Crippen LogP contribution is 2.11. The lowest BCUT2D eigenvalue weighted by molar-refractivity contribution is 0.651. The van der Waals surface area contributed by atoms with Gasteiger partial charge in [0.25, 0.3) is 0 Å². The van der Waals surface area contributed by atoms with Crippen LogP contribution in [0.2, 0.25) is 0 Å². The van der Waals surface area contributed by atoms with Crippen LogP contribution in [-0.2, 0) is 6.54 Å². The van der Waals surface area contributed by atoms with Crippen molar-refractivity contribution in [1.82, 2.24) is 29.4 Å². The molecular weight excluding hydrogens is 242 g/mol. The molecule has 0 aliphatic rings. The van der Waals surface area contributed by atoms with Crippen LogP contribution in [0, 0.1) is 0 Å². The Bertz CT molecular complexity index is 727. The number of nitrogens with two attached hydrogens (primary N) is 1. The summed E-state index contributed by atoms with van der Waals surface area (Å²) in [5, 5.41) is 12.7. The van der Waals surface area contributed by atoms with E-state index in [1.807, 2.05) is 0 Å². The van der Waals surface area contributed by atoms with Crippen LogP contribution in [0.25, 0.3) is 5.65 Å². The molecule has 0 radical (unpaired) electrons. The number of rotatable bonds is 2. The van der Waals surface area contributed by atoms with Gasteiger partial charge >= 0.3 is 5.69 Å². The van der Waals surface area contributed by atoms with E-state index in [9.17, 15) is 4.79 Å². The molecule has 0 amide bonds. The average Bonchev–Trinajstić information content (AvgIpc) is 2.86. The Balaban J connectivity index is 2.06. The Hall–Kier alpha value is -2.29. The van der Waals surface area contributed by atoms with Crippen molar-refractivity contribution in [2.24, 2.45) is 0 Å². The maximum Gasteiger partial charge on any atom is 0.350 e. The zero-order valence-corrected chi connectivity index (χ0v) is 9.33. The molecule has 17 heavy (non-hydrogen) atoms. The average molecular weight is 249 g/mol. The number of nitrogens with zero attached hydrogens (tertiary/aromatic N) is 6. The number of nitrogen functional groups attached to an aromatic ring is 1. The summed E-state index contributed by atoms with van der Waals surface area (Å²) in [6.45, 7) is 0.259. The first-order chi connectivity index (χ1) is 8.24. The highest BCUT2D eigenvalue weighted by Gasteiger charge is 2.09. The summed E-state index contributed by atoms with van der Waals surface area (Å²) in [4.78, 5) is 15.8. The second kappa shape index (κ2) is 3.63. The van der Waals surface area contributed by atoms with Crippen molar-refractivity contribution in [1.29, 1.82) is 0 Å². The van der Waals surface area contributed by atoms with E-state index in [0.29, 0.717) is 15.8 Å². The van der Waals surface area contributed by atoms with Crippen LogP contribution >= 0.6 is 11.3 Å². The summed E-state index contributed by atoms with van der Waals surface area (Å²) in [7, 11) is 0. The van der Waals surface area contributed by atoms with Crippen molar-refractivity contribution in [3.8, 4) is 0 Å².